The third-order valence-electron chi connectivity index (χ3n) is 10.1. The SMILES string of the molecule is CCCC/C=C\C/C=C\CCCCCCCC(=O)OCC(O)COP(=O)(O)OCCNC(=O)CCCCCCCCCCCCCCCCCCCCCCC. The summed E-state index contributed by atoms with van der Waals surface area (Å²) in [6, 6.07) is 0. The summed E-state index contributed by atoms with van der Waals surface area (Å²) < 4.78 is 26.9. The average Bonchev–Trinajstić information content (AvgIpc) is 3.18. The van der Waals surface area contributed by atoms with Gasteiger partial charge in [0.05, 0.1) is 13.2 Å². The molecule has 10 heteroatoms. The van der Waals surface area contributed by atoms with Crippen LogP contribution >= 0.6 is 7.82 Å². The van der Waals surface area contributed by atoms with Gasteiger partial charge in [0, 0.05) is 19.4 Å². The lowest BCUT2D eigenvalue weighted by Crippen LogP contribution is -2.27. The minimum Gasteiger partial charge on any atom is -0.463 e. The van der Waals surface area contributed by atoms with Gasteiger partial charge in [0.25, 0.3) is 0 Å². The molecule has 0 aliphatic heterocycles. The predicted octanol–water partition coefficient (Wildman–Crippen LogP) is 13.2. The summed E-state index contributed by atoms with van der Waals surface area (Å²) in [5, 5.41) is 12.7. The van der Waals surface area contributed by atoms with Crippen LogP contribution in [0.2, 0.25) is 0 Å². The van der Waals surface area contributed by atoms with Crippen molar-refractivity contribution in [3.63, 3.8) is 0 Å². The van der Waals surface area contributed by atoms with Crippen molar-refractivity contribution in [3.8, 4) is 0 Å². The highest BCUT2D eigenvalue weighted by Gasteiger charge is 2.23. The van der Waals surface area contributed by atoms with E-state index >= 15 is 0 Å². The molecule has 0 saturated carbocycles. The minimum absolute atomic E-state index is 0.0836. The highest BCUT2D eigenvalue weighted by atomic mass is 31.2. The Morgan fingerprint density at radius 3 is 1.48 bits per heavy atom. The Morgan fingerprint density at radius 1 is 0.554 bits per heavy atom. The van der Waals surface area contributed by atoms with Crippen LogP contribution in [0.15, 0.2) is 24.3 Å². The Labute approximate surface area is 344 Å². The third-order valence-corrected chi connectivity index (χ3v) is 11.1. The Bertz CT molecular complexity index is 975. The van der Waals surface area contributed by atoms with Crippen molar-refractivity contribution >= 4 is 19.7 Å². The maximum Gasteiger partial charge on any atom is 0.472 e. The molecule has 3 N–H and O–H groups in total. The molecule has 0 spiro atoms. The number of phosphoric ester groups is 1. The standard InChI is InChI=1S/C46H88NO8P/c1-3-5-7-9-11-13-15-17-19-20-21-22-23-24-25-26-28-30-32-34-36-38-45(49)47-40-41-54-56(51,52)55-43-44(48)42-53-46(50)39-37-35-33-31-29-27-18-16-14-12-10-8-6-4-2/h10,12,16,18,44,48H,3-9,11,13-15,17,19-43H2,1-2H3,(H,47,49)(H,51,52)/b12-10-,18-16-. The van der Waals surface area contributed by atoms with Crippen molar-refractivity contribution in [2.75, 3.05) is 26.4 Å². The smallest absolute Gasteiger partial charge is 0.463 e. The number of amides is 1. The van der Waals surface area contributed by atoms with Crippen molar-refractivity contribution in [2.45, 2.75) is 232 Å². The Hall–Kier alpha value is -1.51. The molecule has 0 bridgehead atoms. The van der Waals surface area contributed by atoms with E-state index in [2.05, 4.69) is 43.5 Å². The lowest BCUT2D eigenvalue weighted by molar-refractivity contribution is -0.147. The first-order valence-corrected chi connectivity index (χ1v) is 24.8. The Kier molecular flexibility index (Phi) is 41.9. The number of carbonyl (C=O) groups excluding carboxylic acids is 2. The molecule has 9 nitrogen and oxygen atoms in total. The van der Waals surface area contributed by atoms with Crippen molar-refractivity contribution in [2.24, 2.45) is 0 Å². The molecule has 330 valence electrons. The summed E-state index contributed by atoms with van der Waals surface area (Å²) in [6.07, 6.45) is 46.9. The van der Waals surface area contributed by atoms with Gasteiger partial charge >= 0.3 is 13.8 Å². The number of phosphoric acid groups is 1. The number of nitrogens with one attached hydrogen (secondary N) is 1. The van der Waals surface area contributed by atoms with Crippen LogP contribution in [0.4, 0.5) is 0 Å². The van der Waals surface area contributed by atoms with Crippen LogP contribution in [0, 0.1) is 0 Å². The van der Waals surface area contributed by atoms with E-state index < -0.39 is 26.5 Å². The first-order chi connectivity index (χ1) is 27.3. The van der Waals surface area contributed by atoms with Crippen LogP contribution in [0.1, 0.15) is 226 Å². The van der Waals surface area contributed by atoms with E-state index in [0.717, 1.165) is 64.2 Å². The Morgan fingerprint density at radius 2 is 0.982 bits per heavy atom. The van der Waals surface area contributed by atoms with E-state index in [0.29, 0.717) is 6.42 Å². The quantitative estimate of drug-likeness (QED) is 0.0240. The summed E-state index contributed by atoms with van der Waals surface area (Å²) >= 11 is 0. The summed E-state index contributed by atoms with van der Waals surface area (Å²) in [6.45, 7) is 3.53. The molecule has 56 heavy (non-hydrogen) atoms. The molecule has 0 saturated heterocycles. The number of esters is 1. The summed E-state index contributed by atoms with van der Waals surface area (Å²) in [7, 11) is -4.42. The van der Waals surface area contributed by atoms with Gasteiger partial charge in [-0.2, -0.15) is 0 Å². The highest BCUT2D eigenvalue weighted by Crippen LogP contribution is 2.42. The third kappa shape index (κ3) is 43.6. The Balaban J connectivity index is 3.54. The number of aliphatic hydroxyl groups is 1. The first kappa shape index (κ1) is 54.5. The maximum atomic E-state index is 12.1. The van der Waals surface area contributed by atoms with E-state index in [-0.39, 0.29) is 32.1 Å². The fourth-order valence-electron chi connectivity index (χ4n) is 6.57. The number of allylic oxidation sites excluding steroid dienone is 4. The minimum atomic E-state index is -4.42. The lowest BCUT2D eigenvalue weighted by Gasteiger charge is -2.15. The van der Waals surface area contributed by atoms with E-state index in [1.54, 1.807) is 0 Å². The predicted molar refractivity (Wildman–Crippen MR) is 234 cm³/mol. The number of carbonyl (C=O) groups is 2. The van der Waals surface area contributed by atoms with Crippen LogP contribution in [-0.4, -0.2) is 54.3 Å². The zero-order valence-electron chi connectivity index (χ0n) is 36.3. The van der Waals surface area contributed by atoms with E-state index in [1.807, 2.05) is 0 Å². The zero-order chi connectivity index (χ0) is 41.1. The van der Waals surface area contributed by atoms with Gasteiger partial charge in [-0.1, -0.05) is 199 Å². The van der Waals surface area contributed by atoms with Crippen LogP contribution in [0.5, 0.6) is 0 Å². The first-order valence-electron chi connectivity index (χ1n) is 23.3. The number of rotatable bonds is 44. The molecular weight excluding hydrogens is 725 g/mol. The summed E-state index contributed by atoms with van der Waals surface area (Å²) in [4.78, 5) is 33.9. The molecule has 2 atom stereocenters. The van der Waals surface area contributed by atoms with Gasteiger partial charge in [-0.25, -0.2) is 4.57 Å². The van der Waals surface area contributed by atoms with Crippen LogP contribution in [0.25, 0.3) is 0 Å². The van der Waals surface area contributed by atoms with Crippen LogP contribution < -0.4 is 5.32 Å². The molecule has 0 heterocycles. The molecule has 0 fully saturated rings. The second-order valence-electron chi connectivity index (χ2n) is 15.7. The molecule has 0 radical (unpaired) electrons. The second kappa shape index (κ2) is 43.1. The number of unbranched alkanes of at least 4 members (excludes halogenated alkanes) is 27. The zero-order valence-corrected chi connectivity index (χ0v) is 37.2. The molecule has 0 aromatic heterocycles. The molecule has 0 aliphatic carbocycles. The van der Waals surface area contributed by atoms with Crippen molar-refractivity contribution in [3.05, 3.63) is 24.3 Å². The number of ether oxygens (including phenoxy) is 1. The van der Waals surface area contributed by atoms with E-state index in [1.165, 1.54) is 135 Å². The fraction of sp³-hybridized carbons (Fsp3) is 0.870. The fourth-order valence-corrected chi connectivity index (χ4v) is 7.33. The summed E-state index contributed by atoms with van der Waals surface area (Å²) in [5.41, 5.74) is 0. The van der Waals surface area contributed by atoms with Gasteiger partial charge < -0.3 is 20.1 Å². The maximum absolute atomic E-state index is 12.1. The van der Waals surface area contributed by atoms with Gasteiger partial charge in [-0.15, -0.1) is 0 Å². The van der Waals surface area contributed by atoms with Crippen molar-refractivity contribution in [1.29, 1.82) is 0 Å². The van der Waals surface area contributed by atoms with Gasteiger partial charge in [-0.3, -0.25) is 18.6 Å². The normalized spacial score (nSPS) is 13.4. The van der Waals surface area contributed by atoms with E-state index in [4.69, 9.17) is 13.8 Å². The molecule has 0 rings (SSSR count). The molecule has 0 aliphatic rings. The average molecular weight is 814 g/mol. The topological polar surface area (TPSA) is 131 Å². The van der Waals surface area contributed by atoms with Crippen LogP contribution in [-0.2, 0) is 27.9 Å². The van der Waals surface area contributed by atoms with Gasteiger partial charge in [-0.05, 0) is 38.5 Å². The summed E-state index contributed by atoms with van der Waals surface area (Å²) in [5.74, 6) is -0.523. The molecule has 1 amide bonds. The van der Waals surface area contributed by atoms with Crippen molar-refractivity contribution in [1.82, 2.24) is 5.32 Å². The lowest BCUT2D eigenvalue weighted by atomic mass is 10.0. The van der Waals surface area contributed by atoms with Crippen molar-refractivity contribution < 1.29 is 37.9 Å². The highest BCUT2D eigenvalue weighted by molar-refractivity contribution is 7.47. The molecule has 2 unspecified atom stereocenters. The van der Waals surface area contributed by atoms with Crippen LogP contribution in [0.3, 0.4) is 0 Å². The van der Waals surface area contributed by atoms with E-state index in [9.17, 15) is 24.2 Å². The number of aliphatic hydroxyl groups excluding tert-OH is 1. The molecule has 0 aromatic rings. The number of hydrogen-bond donors (Lipinski definition) is 3. The number of hydrogen-bond acceptors (Lipinski definition) is 7. The second-order valence-corrected chi connectivity index (χ2v) is 17.2. The largest absolute Gasteiger partial charge is 0.472 e. The molecule has 0 aromatic carbocycles. The van der Waals surface area contributed by atoms with Gasteiger partial charge in [0.1, 0.15) is 12.7 Å². The molecular formula is C46H88NO8P. The van der Waals surface area contributed by atoms with Gasteiger partial charge in [0.2, 0.25) is 5.91 Å². The van der Waals surface area contributed by atoms with Gasteiger partial charge in [0.15, 0.2) is 0 Å². The monoisotopic (exact) mass is 814 g/mol.